The first kappa shape index (κ1) is 16.6. The molecule has 0 bridgehead atoms. The molecule has 0 atom stereocenters. The number of aromatic nitrogens is 4. The number of hydrogen-bond donors (Lipinski definition) is 1. The van der Waals surface area contributed by atoms with E-state index in [9.17, 15) is 18.0 Å². The lowest BCUT2D eigenvalue weighted by Gasteiger charge is -2.14. The smallest absolute Gasteiger partial charge is 0.298 e. The van der Waals surface area contributed by atoms with Crippen LogP contribution in [-0.4, -0.2) is 25.9 Å². The minimum Gasteiger partial charge on any atom is -0.298 e. The summed E-state index contributed by atoms with van der Waals surface area (Å²) in [7, 11) is 0. The van der Waals surface area contributed by atoms with E-state index in [1.807, 2.05) is 0 Å². The fourth-order valence-electron chi connectivity index (χ4n) is 2.94. The molecule has 0 saturated carbocycles. The molecule has 0 fully saturated rings. The van der Waals surface area contributed by atoms with E-state index in [-0.39, 0.29) is 10.9 Å². The SMILES string of the molecule is O=c1c2cn[nH]c2c2ccc(-c3ccc(Cl)nc3)cc2n1CC(F)(F)F. The lowest BCUT2D eigenvalue weighted by Crippen LogP contribution is -2.28. The highest BCUT2D eigenvalue weighted by Gasteiger charge is 2.30. The van der Waals surface area contributed by atoms with Crippen LogP contribution >= 0.6 is 11.6 Å². The zero-order valence-electron chi connectivity index (χ0n) is 13.0. The van der Waals surface area contributed by atoms with Gasteiger partial charge < -0.3 is 0 Å². The Morgan fingerprint density at radius 3 is 2.54 bits per heavy atom. The molecule has 0 aliphatic carbocycles. The molecule has 26 heavy (non-hydrogen) atoms. The van der Waals surface area contributed by atoms with Crippen molar-refractivity contribution < 1.29 is 13.2 Å². The third-order valence-electron chi connectivity index (χ3n) is 4.07. The van der Waals surface area contributed by atoms with Gasteiger partial charge in [0.05, 0.1) is 22.6 Å². The van der Waals surface area contributed by atoms with E-state index in [1.54, 1.807) is 24.3 Å². The zero-order valence-corrected chi connectivity index (χ0v) is 13.8. The van der Waals surface area contributed by atoms with Crippen LogP contribution in [0.1, 0.15) is 0 Å². The van der Waals surface area contributed by atoms with Crippen LogP contribution in [0.5, 0.6) is 0 Å². The maximum Gasteiger partial charge on any atom is 0.406 e. The summed E-state index contributed by atoms with van der Waals surface area (Å²) in [6.45, 7) is -1.38. The molecular formula is C17H10ClF3N4O. The van der Waals surface area contributed by atoms with Crippen molar-refractivity contribution in [1.82, 2.24) is 19.7 Å². The van der Waals surface area contributed by atoms with Crippen molar-refractivity contribution in [3.63, 3.8) is 0 Å². The van der Waals surface area contributed by atoms with E-state index in [2.05, 4.69) is 15.2 Å². The Balaban J connectivity index is 2.04. The fourth-order valence-corrected chi connectivity index (χ4v) is 3.05. The minimum atomic E-state index is -4.54. The Morgan fingerprint density at radius 1 is 1.08 bits per heavy atom. The van der Waals surface area contributed by atoms with Gasteiger partial charge in [-0.05, 0) is 23.8 Å². The van der Waals surface area contributed by atoms with E-state index in [0.717, 1.165) is 4.57 Å². The molecule has 0 spiro atoms. The number of halogens is 4. The Morgan fingerprint density at radius 2 is 1.85 bits per heavy atom. The van der Waals surface area contributed by atoms with Crippen LogP contribution in [0.4, 0.5) is 13.2 Å². The van der Waals surface area contributed by atoms with Gasteiger partial charge in [-0.2, -0.15) is 18.3 Å². The van der Waals surface area contributed by atoms with Crippen LogP contribution in [0, 0.1) is 0 Å². The summed E-state index contributed by atoms with van der Waals surface area (Å²) in [5.41, 5.74) is 1.12. The molecule has 0 aliphatic rings. The highest BCUT2D eigenvalue weighted by atomic mass is 35.5. The maximum atomic E-state index is 13.0. The Labute approximate surface area is 149 Å². The second-order valence-corrected chi connectivity index (χ2v) is 6.15. The first-order valence-electron chi connectivity index (χ1n) is 7.52. The predicted molar refractivity (Wildman–Crippen MR) is 92.2 cm³/mol. The molecule has 0 aliphatic heterocycles. The van der Waals surface area contributed by atoms with Gasteiger partial charge in [-0.3, -0.25) is 14.5 Å². The van der Waals surface area contributed by atoms with Gasteiger partial charge in [0.15, 0.2) is 0 Å². The van der Waals surface area contributed by atoms with E-state index in [4.69, 9.17) is 11.6 Å². The predicted octanol–water partition coefficient (Wildman–Crippen LogP) is 4.16. The zero-order chi connectivity index (χ0) is 18.5. The van der Waals surface area contributed by atoms with E-state index < -0.39 is 18.3 Å². The molecule has 4 rings (SSSR count). The average molecular weight is 379 g/mol. The van der Waals surface area contributed by atoms with Crippen molar-refractivity contribution in [3.05, 3.63) is 58.2 Å². The lowest BCUT2D eigenvalue weighted by molar-refractivity contribution is -0.140. The second kappa shape index (κ2) is 5.84. The molecule has 1 aromatic carbocycles. The number of rotatable bonds is 2. The number of nitrogens with zero attached hydrogens (tertiary/aromatic N) is 3. The quantitative estimate of drug-likeness (QED) is 0.533. The highest BCUT2D eigenvalue weighted by Crippen LogP contribution is 2.29. The number of alkyl halides is 3. The van der Waals surface area contributed by atoms with Gasteiger partial charge in [-0.1, -0.05) is 23.7 Å². The van der Waals surface area contributed by atoms with Gasteiger partial charge in [0.2, 0.25) is 0 Å². The van der Waals surface area contributed by atoms with Gasteiger partial charge in [0, 0.05) is 17.1 Å². The van der Waals surface area contributed by atoms with Crippen molar-refractivity contribution in [3.8, 4) is 11.1 Å². The molecule has 4 aromatic rings. The second-order valence-electron chi connectivity index (χ2n) is 5.77. The minimum absolute atomic E-state index is 0.114. The van der Waals surface area contributed by atoms with Gasteiger partial charge in [-0.25, -0.2) is 4.98 Å². The molecule has 1 N–H and O–H groups in total. The summed E-state index contributed by atoms with van der Waals surface area (Å²) < 4.78 is 39.8. The number of fused-ring (bicyclic) bond motifs is 3. The van der Waals surface area contributed by atoms with Crippen molar-refractivity contribution >= 4 is 33.4 Å². The number of pyridine rings is 2. The highest BCUT2D eigenvalue weighted by molar-refractivity contribution is 6.29. The number of benzene rings is 1. The van der Waals surface area contributed by atoms with Crippen molar-refractivity contribution in [1.29, 1.82) is 0 Å². The molecular weight excluding hydrogens is 369 g/mol. The van der Waals surface area contributed by atoms with Gasteiger partial charge in [0.1, 0.15) is 11.7 Å². The molecule has 0 amide bonds. The molecule has 5 nitrogen and oxygen atoms in total. The number of aromatic amines is 1. The number of H-pyrrole nitrogens is 1. The molecule has 0 unspecified atom stereocenters. The standard InChI is InChI=1S/C17H10ClF3N4O/c18-14-4-2-10(6-22-14)9-1-3-11-13(5-9)25(8-17(19,20)21)16(26)12-7-23-24-15(11)12/h1-7H,8H2,(H,23,24). The molecule has 0 radical (unpaired) electrons. The van der Waals surface area contributed by atoms with E-state index >= 15 is 0 Å². The van der Waals surface area contributed by atoms with Crippen molar-refractivity contribution in [2.75, 3.05) is 0 Å². The Kier molecular flexibility index (Phi) is 3.73. The third kappa shape index (κ3) is 2.82. The van der Waals surface area contributed by atoms with Crippen LogP contribution < -0.4 is 5.56 Å². The normalized spacial score (nSPS) is 12.2. The maximum absolute atomic E-state index is 13.0. The lowest BCUT2D eigenvalue weighted by atomic mass is 10.0. The first-order valence-corrected chi connectivity index (χ1v) is 7.89. The Hall–Kier alpha value is -2.87. The molecule has 132 valence electrons. The third-order valence-corrected chi connectivity index (χ3v) is 4.29. The van der Waals surface area contributed by atoms with Crippen molar-refractivity contribution in [2.24, 2.45) is 0 Å². The van der Waals surface area contributed by atoms with Crippen LogP contribution in [0.3, 0.4) is 0 Å². The van der Waals surface area contributed by atoms with Gasteiger partial charge in [0.25, 0.3) is 5.56 Å². The van der Waals surface area contributed by atoms with Crippen molar-refractivity contribution in [2.45, 2.75) is 12.7 Å². The first-order chi connectivity index (χ1) is 12.3. The fraction of sp³-hybridized carbons (Fsp3) is 0.118. The van der Waals surface area contributed by atoms with E-state index in [1.165, 1.54) is 18.5 Å². The number of nitrogens with one attached hydrogen (secondary N) is 1. The topological polar surface area (TPSA) is 63.6 Å². The Bertz CT molecular complexity index is 1180. The monoisotopic (exact) mass is 378 g/mol. The summed E-state index contributed by atoms with van der Waals surface area (Å²) in [6.07, 6.45) is -1.78. The van der Waals surface area contributed by atoms with Gasteiger partial charge in [-0.15, -0.1) is 0 Å². The van der Waals surface area contributed by atoms with Crippen LogP contribution in [0.25, 0.3) is 32.9 Å². The summed E-state index contributed by atoms with van der Waals surface area (Å²) in [4.78, 5) is 16.5. The molecule has 3 aromatic heterocycles. The average Bonchev–Trinajstić information content (AvgIpc) is 3.08. The van der Waals surface area contributed by atoms with Crippen LogP contribution in [0.2, 0.25) is 5.15 Å². The largest absolute Gasteiger partial charge is 0.406 e. The summed E-state index contributed by atoms with van der Waals surface area (Å²) in [6, 6.07) is 8.23. The van der Waals surface area contributed by atoms with Crippen LogP contribution in [-0.2, 0) is 6.54 Å². The van der Waals surface area contributed by atoms with E-state index in [0.29, 0.717) is 27.2 Å². The summed E-state index contributed by atoms with van der Waals surface area (Å²) >= 11 is 5.77. The van der Waals surface area contributed by atoms with Gasteiger partial charge >= 0.3 is 6.18 Å². The summed E-state index contributed by atoms with van der Waals surface area (Å²) in [5, 5.41) is 7.38. The molecule has 0 saturated heterocycles. The molecule has 3 heterocycles. The molecule has 9 heteroatoms. The van der Waals surface area contributed by atoms with Crippen LogP contribution in [0.15, 0.2) is 47.5 Å². The number of hydrogen-bond acceptors (Lipinski definition) is 3. The summed E-state index contributed by atoms with van der Waals surface area (Å²) in [5.74, 6) is 0.